The average Bonchev–Trinajstić information content (AvgIpc) is 3.46. The lowest BCUT2D eigenvalue weighted by molar-refractivity contribution is -0.0319. The van der Waals surface area contributed by atoms with Gasteiger partial charge in [-0.2, -0.15) is 0 Å². The van der Waals surface area contributed by atoms with Gasteiger partial charge in [-0.15, -0.1) is 62.5 Å². The summed E-state index contributed by atoms with van der Waals surface area (Å²) in [6, 6.07) is 6.44. The Kier molecular flexibility index (Phi) is 24.6. The molecule has 3 rings (SSSR count). The number of methoxy groups -OCH3 is 2. The Morgan fingerprint density at radius 2 is 1.68 bits per heavy atom. The van der Waals surface area contributed by atoms with Crippen molar-refractivity contribution in [3.8, 4) is 11.5 Å². The van der Waals surface area contributed by atoms with E-state index in [4.69, 9.17) is 18.9 Å². The first-order chi connectivity index (χ1) is 21.1. The number of carbonyl (C=O) groups is 1. The molecule has 1 saturated heterocycles. The topological polar surface area (TPSA) is 69.3 Å². The highest BCUT2D eigenvalue weighted by molar-refractivity contribution is 9.24. The van der Waals surface area contributed by atoms with Crippen LogP contribution in [0.5, 0.6) is 11.5 Å². The maximum absolute atomic E-state index is 11.9. The number of nitrogens with zero attached hydrogens (tertiary/aromatic N) is 1. The molecular weight excluding hydrogens is 799 g/mol. The highest BCUT2D eigenvalue weighted by Crippen LogP contribution is 3.18. The number of alkyl carbamates (subject to hydrolysis) is 1. The molecule has 1 amide bonds. The molecule has 0 aromatic heterocycles. The number of ether oxygens (including phenoxy) is 4. The maximum Gasteiger partial charge on any atom is 0.407 e. The van der Waals surface area contributed by atoms with E-state index in [2.05, 4.69) is 78.8 Å². The lowest BCUT2D eigenvalue weighted by Gasteiger charge is -2.37. The van der Waals surface area contributed by atoms with E-state index in [1.54, 1.807) is 14.2 Å². The smallest absolute Gasteiger partial charge is 0.407 e. The second-order valence-electron chi connectivity index (χ2n) is 10.3. The number of hydrogen-bond donors (Lipinski definition) is 1. The molecule has 0 spiro atoms. The molecular formula is C24H53N2O5P13. The normalized spacial score (nSPS) is 21.6. The molecule has 1 aromatic rings. The molecule has 2 fully saturated rings. The van der Waals surface area contributed by atoms with Gasteiger partial charge in [0, 0.05) is 25.7 Å². The van der Waals surface area contributed by atoms with E-state index in [9.17, 15) is 4.79 Å². The van der Waals surface area contributed by atoms with Crippen molar-refractivity contribution in [1.82, 2.24) is 10.2 Å². The van der Waals surface area contributed by atoms with Gasteiger partial charge in [0.15, 0.2) is 11.5 Å². The Balaban J connectivity index is 0.000000439. The molecule has 20 heteroatoms. The van der Waals surface area contributed by atoms with Crippen LogP contribution in [0.3, 0.4) is 0 Å². The van der Waals surface area contributed by atoms with Gasteiger partial charge in [-0.1, -0.05) is 33.8 Å². The van der Waals surface area contributed by atoms with Crippen LogP contribution in [0.4, 0.5) is 4.79 Å². The van der Waals surface area contributed by atoms with E-state index in [-0.39, 0.29) is 53.2 Å². The third-order valence-corrected chi connectivity index (χ3v) is 80.5. The molecule has 1 heterocycles. The third-order valence-electron chi connectivity index (χ3n) is 7.19. The van der Waals surface area contributed by atoms with Gasteiger partial charge in [0.2, 0.25) is 0 Å². The molecule has 1 aliphatic carbocycles. The summed E-state index contributed by atoms with van der Waals surface area (Å²) in [5.74, 6) is 1.50. The number of hydrogen-bond acceptors (Lipinski definition) is 6. The van der Waals surface area contributed by atoms with Crippen LogP contribution >= 0.6 is 105 Å². The number of amides is 1. The molecule has 12 atom stereocenters. The molecule has 44 heavy (non-hydrogen) atoms. The fourth-order valence-electron chi connectivity index (χ4n) is 5.15. The molecule has 9 unspecified atom stereocenters. The molecule has 1 aliphatic heterocycles. The van der Waals surface area contributed by atoms with Crippen molar-refractivity contribution in [3.05, 3.63) is 23.8 Å². The largest absolute Gasteiger partial charge is 0.493 e. The van der Waals surface area contributed by atoms with Gasteiger partial charge >= 0.3 is 6.09 Å². The highest BCUT2D eigenvalue weighted by Gasteiger charge is 2.36. The first kappa shape index (κ1) is 43.8. The average molecular weight is 852 g/mol. The number of rotatable bonds is 15. The van der Waals surface area contributed by atoms with Gasteiger partial charge in [-0.05, 0) is 84.7 Å². The number of likely N-dealkylation sites (tertiary alicyclic amines) is 1. The Hall–Kier alpha value is 3.60. The second kappa shape index (κ2) is 24.7. The van der Waals surface area contributed by atoms with Crippen LogP contribution in [0.25, 0.3) is 0 Å². The zero-order valence-corrected chi connectivity index (χ0v) is 39.6. The van der Waals surface area contributed by atoms with Crippen LogP contribution in [-0.2, 0) is 15.9 Å². The second-order valence-corrected chi connectivity index (χ2v) is 57.8. The minimum absolute atomic E-state index is 0.0220. The van der Waals surface area contributed by atoms with Crippen LogP contribution in [0.1, 0.15) is 51.0 Å². The monoisotopic (exact) mass is 852 g/mol. The third kappa shape index (κ3) is 15.5. The summed E-state index contributed by atoms with van der Waals surface area (Å²) >= 11 is 0. The summed E-state index contributed by atoms with van der Waals surface area (Å²) < 4.78 is 22.7. The highest BCUT2D eigenvalue weighted by atomic mass is 33.3. The van der Waals surface area contributed by atoms with Crippen LogP contribution in [0.15, 0.2) is 18.2 Å². The first-order valence-electron chi connectivity index (χ1n) is 14.5. The van der Waals surface area contributed by atoms with Crippen molar-refractivity contribution in [3.63, 3.8) is 0 Å². The minimum Gasteiger partial charge on any atom is -0.493 e. The molecule has 7 nitrogen and oxygen atoms in total. The van der Waals surface area contributed by atoms with Gasteiger partial charge in [0.1, 0.15) is 6.10 Å². The van der Waals surface area contributed by atoms with E-state index in [0.717, 1.165) is 64.7 Å². The predicted molar refractivity (Wildman–Crippen MR) is 231 cm³/mol. The molecule has 0 bridgehead atoms. The fourth-order valence-corrected chi connectivity index (χ4v) is 132. The van der Waals surface area contributed by atoms with E-state index in [0.29, 0.717) is 19.2 Å². The zero-order valence-electron chi connectivity index (χ0n) is 26.0. The quantitative estimate of drug-likeness (QED) is 0.177. The van der Waals surface area contributed by atoms with Crippen molar-refractivity contribution in [2.24, 2.45) is 0 Å². The van der Waals surface area contributed by atoms with Crippen molar-refractivity contribution >= 4 is 111 Å². The number of carbonyl (C=O) groups excluding carboxylic acids is 1. The van der Waals surface area contributed by atoms with Crippen molar-refractivity contribution in [2.45, 2.75) is 70.1 Å². The van der Waals surface area contributed by atoms with E-state index in [1.165, 1.54) is 18.4 Å². The SMILES string of the molecule is CCCNC(=O)O[C@@H]1CCN([C@@H]2CCCC[C@H]2OCCc2ccc(OC)c(OC)c2)C1.PPP(P(P)P)P(P(P)P)P(P)P. The fraction of sp³-hybridized carbons (Fsp3) is 0.708. The number of nitrogens with one attached hydrogen (secondary N) is 1. The Bertz CT molecular complexity index is 963. The van der Waals surface area contributed by atoms with Gasteiger partial charge in [0.25, 0.3) is 0 Å². The molecule has 1 saturated carbocycles. The predicted octanol–water partition coefficient (Wildman–Crippen LogP) is 11.0. The number of benzene rings is 1. The van der Waals surface area contributed by atoms with E-state index >= 15 is 0 Å². The summed E-state index contributed by atoms with van der Waals surface area (Å²) in [5.41, 5.74) is 1.18. The summed E-state index contributed by atoms with van der Waals surface area (Å²) in [5, 5.41) is 2.80. The minimum atomic E-state index is -0.292. The van der Waals surface area contributed by atoms with Crippen LogP contribution in [-0.4, -0.2) is 69.7 Å². The van der Waals surface area contributed by atoms with Crippen LogP contribution < -0.4 is 14.8 Å². The molecule has 1 N–H and O–H groups in total. The summed E-state index contributed by atoms with van der Waals surface area (Å²) in [7, 11) is 25.5. The lowest BCUT2D eigenvalue weighted by Crippen LogP contribution is -2.46. The Morgan fingerprint density at radius 1 is 1.00 bits per heavy atom. The molecule has 0 radical (unpaired) electrons. The van der Waals surface area contributed by atoms with Crippen LogP contribution in [0, 0.1) is 0 Å². The van der Waals surface area contributed by atoms with Crippen molar-refractivity contribution in [1.29, 1.82) is 0 Å². The first-order valence-corrected chi connectivity index (χ1v) is 37.4. The standard InChI is InChI=1S/C24H38N2O5.H15P13/c1-4-13-25-24(27)31-19-11-14-26(17-19)20-7-5-6-8-21(20)30-15-12-18-9-10-22(28-2)23(16-18)29-3;1-8-12(9(2)3)13(10(4)5)11(6)7/h9-10,16,19-21H,4-8,11-15,17H2,1-3H3,(H,25,27);8H,1-7H2/t19-,20-,21-;/m1./s1. The molecule has 1 aromatic carbocycles. The van der Waals surface area contributed by atoms with Gasteiger partial charge < -0.3 is 24.3 Å². The van der Waals surface area contributed by atoms with Gasteiger partial charge in [-0.25, -0.2) is 4.79 Å². The Labute approximate surface area is 289 Å². The van der Waals surface area contributed by atoms with Gasteiger partial charge in [0.05, 0.1) is 26.9 Å². The van der Waals surface area contributed by atoms with E-state index in [1.807, 2.05) is 19.1 Å². The van der Waals surface area contributed by atoms with Crippen molar-refractivity contribution < 1.29 is 23.7 Å². The van der Waals surface area contributed by atoms with Crippen molar-refractivity contribution in [2.75, 3.05) is 40.5 Å². The summed E-state index contributed by atoms with van der Waals surface area (Å²) in [4.78, 5) is 14.3. The van der Waals surface area contributed by atoms with E-state index < -0.39 is 0 Å². The molecule has 254 valence electrons. The Morgan fingerprint density at radius 3 is 2.25 bits per heavy atom. The van der Waals surface area contributed by atoms with Gasteiger partial charge in [-0.3, -0.25) is 4.90 Å². The lowest BCUT2D eigenvalue weighted by atomic mass is 9.91. The zero-order chi connectivity index (χ0) is 32.6. The molecule has 2 aliphatic rings. The van der Waals surface area contributed by atoms with Crippen LogP contribution in [0.2, 0.25) is 0 Å². The summed E-state index contributed by atoms with van der Waals surface area (Å²) in [6.07, 6.45) is 7.26. The summed E-state index contributed by atoms with van der Waals surface area (Å²) in [6.45, 7) is 6.01. The maximum atomic E-state index is 11.9.